The highest BCUT2D eigenvalue weighted by Gasteiger charge is 2.24. The van der Waals surface area contributed by atoms with Crippen LogP contribution in [-0.4, -0.2) is 34.1 Å². The third kappa shape index (κ3) is 10.6. The lowest BCUT2D eigenvalue weighted by molar-refractivity contribution is -0.384. The van der Waals surface area contributed by atoms with Gasteiger partial charge in [0.2, 0.25) is 0 Å². The number of hydrogen-bond donors (Lipinski definition) is 0. The normalized spacial score (nSPS) is 11.2. The van der Waals surface area contributed by atoms with Crippen molar-refractivity contribution in [3.05, 3.63) is 55.6 Å². The van der Waals surface area contributed by atoms with Gasteiger partial charge in [0.1, 0.15) is 5.76 Å². The van der Waals surface area contributed by atoms with E-state index in [1.54, 1.807) is 18.9 Å². The minimum Gasteiger partial charge on any atom is -0.376 e. The first-order chi connectivity index (χ1) is 19.3. The number of nitrogens with zero attached hydrogens (tertiary/aromatic N) is 3. The number of nitro groups is 1. The van der Waals surface area contributed by atoms with Crippen molar-refractivity contribution in [2.24, 2.45) is 0 Å². The number of amides is 1. The summed E-state index contributed by atoms with van der Waals surface area (Å²) < 4.78 is 6.45. The quantitative estimate of drug-likeness (QED) is 0.0870. The second-order valence-electron chi connectivity index (χ2n) is 11.1. The molecule has 8 heteroatoms. The van der Waals surface area contributed by atoms with Crippen LogP contribution in [0.3, 0.4) is 0 Å². The molecular formula is C32H51N3O5. The SMILES string of the molecule is CCCCCCCCCCCCCCCCCCN(C)C(=O)c1ccc(-n2oc(C)c(CC)c2=O)c([N+](=O)[O-])c1. The molecule has 1 aromatic carbocycles. The van der Waals surface area contributed by atoms with Gasteiger partial charge in [0.15, 0.2) is 5.69 Å². The lowest BCUT2D eigenvalue weighted by Gasteiger charge is -2.17. The predicted octanol–water partition coefficient (Wildman–Crippen LogP) is 8.54. The van der Waals surface area contributed by atoms with Crippen LogP contribution in [-0.2, 0) is 6.42 Å². The molecule has 0 atom stereocenters. The predicted molar refractivity (Wildman–Crippen MR) is 162 cm³/mol. The van der Waals surface area contributed by atoms with E-state index in [2.05, 4.69) is 6.92 Å². The van der Waals surface area contributed by atoms with E-state index in [0.717, 1.165) is 24.0 Å². The Morgan fingerprint density at radius 1 is 0.875 bits per heavy atom. The van der Waals surface area contributed by atoms with E-state index in [1.807, 2.05) is 6.92 Å². The van der Waals surface area contributed by atoms with Crippen molar-refractivity contribution in [3.63, 3.8) is 0 Å². The van der Waals surface area contributed by atoms with Crippen LogP contribution >= 0.6 is 0 Å². The fourth-order valence-corrected chi connectivity index (χ4v) is 5.26. The molecule has 0 aliphatic carbocycles. The van der Waals surface area contributed by atoms with Gasteiger partial charge in [0.05, 0.1) is 10.5 Å². The van der Waals surface area contributed by atoms with E-state index >= 15 is 0 Å². The second kappa shape index (κ2) is 18.4. The summed E-state index contributed by atoms with van der Waals surface area (Å²) in [5.74, 6) is 0.160. The van der Waals surface area contributed by atoms with E-state index in [4.69, 9.17) is 4.52 Å². The van der Waals surface area contributed by atoms with E-state index in [1.165, 1.54) is 102 Å². The number of unbranched alkanes of at least 4 members (excludes halogenated alkanes) is 15. The lowest BCUT2D eigenvalue weighted by Crippen LogP contribution is -2.28. The number of carbonyl (C=O) groups is 1. The molecule has 1 amide bonds. The van der Waals surface area contributed by atoms with Gasteiger partial charge in [-0.3, -0.25) is 19.7 Å². The molecule has 0 spiro atoms. The van der Waals surface area contributed by atoms with Crippen molar-refractivity contribution in [2.75, 3.05) is 13.6 Å². The average Bonchev–Trinajstić information content (AvgIpc) is 3.24. The van der Waals surface area contributed by atoms with E-state index < -0.39 is 10.5 Å². The molecule has 0 N–H and O–H groups in total. The van der Waals surface area contributed by atoms with Gasteiger partial charge in [-0.2, -0.15) is 0 Å². The van der Waals surface area contributed by atoms with Gasteiger partial charge >= 0.3 is 0 Å². The first kappa shape index (κ1) is 33.3. The van der Waals surface area contributed by atoms with Gasteiger partial charge in [0, 0.05) is 25.2 Å². The zero-order chi connectivity index (χ0) is 29.3. The number of benzene rings is 1. The molecule has 0 saturated carbocycles. The largest absolute Gasteiger partial charge is 0.376 e. The highest BCUT2D eigenvalue weighted by Crippen LogP contribution is 2.25. The maximum atomic E-state index is 12.9. The van der Waals surface area contributed by atoms with Crippen LogP contribution in [0.25, 0.3) is 5.69 Å². The Labute approximate surface area is 240 Å². The molecular weight excluding hydrogens is 506 g/mol. The number of rotatable bonds is 21. The van der Waals surface area contributed by atoms with Gasteiger partial charge in [-0.1, -0.05) is 110 Å². The number of aryl methyl sites for hydroxylation is 1. The number of carbonyl (C=O) groups excluding carboxylic acids is 1. The molecule has 40 heavy (non-hydrogen) atoms. The summed E-state index contributed by atoms with van der Waals surface area (Å²) in [5.41, 5.74) is -0.0211. The molecule has 0 bridgehead atoms. The highest BCUT2D eigenvalue weighted by atomic mass is 16.6. The number of nitro benzene ring substituents is 1. The summed E-state index contributed by atoms with van der Waals surface area (Å²) in [6.07, 6.45) is 21.2. The Hall–Kier alpha value is -2.90. The Balaban J connectivity index is 1.68. The van der Waals surface area contributed by atoms with E-state index in [9.17, 15) is 19.7 Å². The van der Waals surface area contributed by atoms with Gasteiger partial charge in [-0.15, -0.1) is 4.74 Å². The fourth-order valence-electron chi connectivity index (χ4n) is 5.26. The van der Waals surface area contributed by atoms with Crippen LogP contribution in [0.1, 0.15) is 138 Å². The molecule has 0 aliphatic heterocycles. The van der Waals surface area contributed by atoms with Crippen LogP contribution in [0.15, 0.2) is 27.5 Å². The Bertz CT molecular complexity index is 1100. The highest BCUT2D eigenvalue weighted by molar-refractivity contribution is 5.95. The summed E-state index contributed by atoms with van der Waals surface area (Å²) in [6, 6.07) is 4.17. The molecule has 8 nitrogen and oxygen atoms in total. The zero-order valence-electron chi connectivity index (χ0n) is 25.3. The van der Waals surface area contributed by atoms with Gasteiger partial charge in [0.25, 0.3) is 17.2 Å². The Kier molecular flexibility index (Phi) is 15.4. The maximum Gasteiger partial charge on any atom is 0.297 e. The van der Waals surface area contributed by atoms with Crippen molar-refractivity contribution < 1.29 is 14.2 Å². The van der Waals surface area contributed by atoms with E-state index in [0.29, 0.717) is 24.3 Å². The Morgan fingerprint density at radius 2 is 1.38 bits per heavy atom. The molecule has 2 aromatic rings. The third-order valence-corrected chi connectivity index (χ3v) is 7.78. The first-order valence-corrected chi connectivity index (χ1v) is 15.6. The van der Waals surface area contributed by atoms with Crippen molar-refractivity contribution in [3.8, 4) is 5.69 Å². The van der Waals surface area contributed by atoms with Crippen molar-refractivity contribution in [1.29, 1.82) is 0 Å². The molecule has 0 unspecified atom stereocenters. The van der Waals surface area contributed by atoms with Gasteiger partial charge in [-0.05, 0) is 31.9 Å². The maximum absolute atomic E-state index is 12.9. The van der Waals surface area contributed by atoms with Crippen molar-refractivity contribution in [1.82, 2.24) is 9.64 Å². The van der Waals surface area contributed by atoms with Crippen LogP contribution in [0.5, 0.6) is 0 Å². The number of aromatic nitrogens is 1. The molecule has 2 rings (SSSR count). The monoisotopic (exact) mass is 557 g/mol. The standard InChI is InChI=1S/C32H51N3O5/c1-5-7-8-9-10-11-12-13-14-15-16-17-18-19-20-21-24-33(4)31(36)27-22-23-29(30(25-27)35(38)39)34-32(37)28(6-2)26(3)40-34/h22-23,25H,5-21,24H2,1-4H3. The van der Waals surface area contributed by atoms with Crippen LogP contribution < -0.4 is 5.56 Å². The molecule has 0 fully saturated rings. The molecule has 224 valence electrons. The lowest BCUT2D eigenvalue weighted by atomic mass is 10.0. The number of hydrogen-bond acceptors (Lipinski definition) is 5. The second-order valence-corrected chi connectivity index (χ2v) is 11.1. The minimum absolute atomic E-state index is 0.0230. The summed E-state index contributed by atoms with van der Waals surface area (Å²) in [6.45, 7) is 6.35. The molecule has 0 aliphatic rings. The summed E-state index contributed by atoms with van der Waals surface area (Å²) in [5, 5.41) is 11.8. The van der Waals surface area contributed by atoms with Crippen molar-refractivity contribution >= 4 is 11.6 Å². The Morgan fingerprint density at radius 3 is 1.82 bits per heavy atom. The average molecular weight is 558 g/mol. The summed E-state index contributed by atoms with van der Waals surface area (Å²) >= 11 is 0. The van der Waals surface area contributed by atoms with Crippen molar-refractivity contribution in [2.45, 2.75) is 130 Å². The van der Waals surface area contributed by atoms with Crippen LogP contribution in [0, 0.1) is 17.0 Å². The summed E-state index contributed by atoms with van der Waals surface area (Å²) in [4.78, 5) is 38.4. The van der Waals surface area contributed by atoms with Crippen LogP contribution in [0.2, 0.25) is 0 Å². The molecule has 1 aromatic heterocycles. The molecule has 0 saturated heterocycles. The van der Waals surface area contributed by atoms with Gasteiger partial charge < -0.3 is 9.42 Å². The third-order valence-electron chi connectivity index (χ3n) is 7.78. The fraction of sp³-hybridized carbons (Fsp3) is 0.688. The van der Waals surface area contributed by atoms with Crippen LogP contribution in [0.4, 0.5) is 5.69 Å². The van der Waals surface area contributed by atoms with E-state index in [-0.39, 0.29) is 22.8 Å². The minimum atomic E-state index is -0.586. The smallest absolute Gasteiger partial charge is 0.297 e. The molecule has 0 radical (unpaired) electrons. The van der Waals surface area contributed by atoms with Gasteiger partial charge in [-0.25, -0.2) is 0 Å². The summed E-state index contributed by atoms with van der Waals surface area (Å²) in [7, 11) is 1.72. The topological polar surface area (TPSA) is 98.6 Å². The zero-order valence-corrected chi connectivity index (χ0v) is 25.3. The molecule has 1 heterocycles. The first-order valence-electron chi connectivity index (χ1n) is 15.6.